The fourth-order valence-corrected chi connectivity index (χ4v) is 11.8. The normalized spacial score (nSPS) is 18.6. The van der Waals surface area contributed by atoms with Gasteiger partial charge in [0.1, 0.15) is 24.4 Å². The van der Waals surface area contributed by atoms with Crippen LogP contribution in [-0.2, 0) is 23.8 Å². The SMILES string of the molecule is CCCCCCCCCCCCC/C=C/C(O)C(COC1OC(CO)C(O)C(O)C1OC(=O)CCCCCCCCCCCCCCCC)NC(=O)C(O)CCCCCCCCCCCCCCCCCCCCCCCCCCCC. The monoisotopic (exact) mass is 1160 g/mol. The second-order valence-corrected chi connectivity index (χ2v) is 25.3. The predicted octanol–water partition coefficient (Wildman–Crippen LogP) is 18.2. The number of hydrogen-bond acceptors (Lipinski definition) is 10. The van der Waals surface area contributed by atoms with E-state index in [4.69, 9.17) is 14.2 Å². The molecular formula is C71H137NO10. The molecule has 82 heavy (non-hydrogen) atoms. The maximum atomic E-state index is 13.5. The van der Waals surface area contributed by atoms with Gasteiger partial charge in [-0.3, -0.25) is 9.59 Å². The molecule has 1 amide bonds. The highest BCUT2D eigenvalue weighted by Gasteiger charge is 2.47. The summed E-state index contributed by atoms with van der Waals surface area (Å²) in [6.45, 7) is 5.85. The van der Waals surface area contributed by atoms with Crippen LogP contribution < -0.4 is 5.32 Å². The Kier molecular flexibility index (Phi) is 57.1. The maximum Gasteiger partial charge on any atom is 0.306 e. The lowest BCUT2D eigenvalue weighted by Gasteiger charge is -2.41. The average Bonchev–Trinajstić information content (AvgIpc) is 3.57. The van der Waals surface area contributed by atoms with Crippen LogP contribution in [0.4, 0.5) is 0 Å². The summed E-state index contributed by atoms with van der Waals surface area (Å²) in [6, 6.07) is -1.02. The summed E-state index contributed by atoms with van der Waals surface area (Å²) < 4.78 is 17.7. The minimum Gasteiger partial charge on any atom is -0.454 e. The highest BCUT2D eigenvalue weighted by Crippen LogP contribution is 2.27. The number of amides is 1. The molecule has 0 saturated carbocycles. The van der Waals surface area contributed by atoms with Crippen molar-refractivity contribution in [2.75, 3.05) is 13.2 Å². The smallest absolute Gasteiger partial charge is 0.306 e. The molecule has 1 aliphatic heterocycles. The Hall–Kier alpha value is -1.60. The standard InChI is InChI=1S/C71H137NO10/c1-4-7-10-13-16-19-22-25-27-28-29-30-31-32-33-34-35-36-37-38-40-43-46-49-52-55-58-64(75)70(79)72-62(63(74)57-54-51-48-45-42-39-24-21-18-15-12-9-6-3)61-80-71-69(68(78)67(77)65(60-73)81-71)82-66(76)59-56-53-50-47-44-41-26-23-20-17-14-11-8-5-2/h54,57,62-65,67-69,71,73-75,77-78H,4-53,55-56,58-61H2,1-3H3,(H,72,79)/b57-54+. The van der Waals surface area contributed by atoms with Gasteiger partial charge in [-0.25, -0.2) is 0 Å². The van der Waals surface area contributed by atoms with Gasteiger partial charge in [0.25, 0.3) is 0 Å². The summed E-state index contributed by atoms with van der Waals surface area (Å²) in [6.07, 6.45) is 59.8. The van der Waals surface area contributed by atoms with Gasteiger partial charge in [-0.1, -0.05) is 348 Å². The lowest BCUT2D eigenvalue weighted by Crippen LogP contribution is -2.61. The number of carbonyl (C=O) groups is 2. The number of ether oxygens (including phenoxy) is 3. The molecule has 11 nitrogen and oxygen atoms in total. The second-order valence-electron chi connectivity index (χ2n) is 25.3. The number of hydrogen-bond donors (Lipinski definition) is 6. The lowest BCUT2D eigenvalue weighted by molar-refractivity contribution is -0.305. The van der Waals surface area contributed by atoms with Crippen molar-refractivity contribution in [3.63, 3.8) is 0 Å². The van der Waals surface area contributed by atoms with E-state index in [9.17, 15) is 35.1 Å². The van der Waals surface area contributed by atoms with Gasteiger partial charge in [-0.15, -0.1) is 0 Å². The molecule has 1 heterocycles. The third-order valence-corrected chi connectivity index (χ3v) is 17.4. The first-order valence-electron chi connectivity index (χ1n) is 36.0. The van der Waals surface area contributed by atoms with Crippen molar-refractivity contribution in [3.8, 4) is 0 Å². The van der Waals surface area contributed by atoms with Crippen molar-refractivity contribution < 1.29 is 49.3 Å². The average molecular weight is 1160 g/mol. The van der Waals surface area contributed by atoms with Crippen LogP contribution in [-0.4, -0.2) is 99.6 Å². The number of aliphatic hydroxyl groups excluding tert-OH is 5. The molecule has 0 spiro atoms. The minimum absolute atomic E-state index is 0.131. The highest BCUT2D eigenvalue weighted by atomic mass is 16.7. The molecule has 8 unspecified atom stereocenters. The molecule has 1 saturated heterocycles. The molecule has 11 heteroatoms. The molecule has 0 radical (unpaired) electrons. The second kappa shape index (κ2) is 59.7. The Morgan fingerprint density at radius 3 is 1.15 bits per heavy atom. The van der Waals surface area contributed by atoms with Crippen LogP contribution >= 0.6 is 0 Å². The minimum atomic E-state index is -1.61. The summed E-state index contributed by atoms with van der Waals surface area (Å²) in [4.78, 5) is 26.6. The fraction of sp³-hybridized carbons (Fsp3) is 0.944. The van der Waals surface area contributed by atoms with Crippen molar-refractivity contribution in [1.29, 1.82) is 0 Å². The summed E-state index contributed by atoms with van der Waals surface area (Å²) >= 11 is 0. The van der Waals surface area contributed by atoms with Gasteiger partial charge in [0, 0.05) is 6.42 Å². The van der Waals surface area contributed by atoms with Gasteiger partial charge in [-0.05, 0) is 25.7 Å². The summed E-state index contributed by atoms with van der Waals surface area (Å²) in [5, 5.41) is 57.2. The molecule has 1 fully saturated rings. The van der Waals surface area contributed by atoms with Gasteiger partial charge in [0.2, 0.25) is 5.91 Å². The van der Waals surface area contributed by atoms with E-state index in [1.165, 1.54) is 263 Å². The number of rotatable bonds is 63. The van der Waals surface area contributed by atoms with Crippen molar-refractivity contribution in [2.24, 2.45) is 0 Å². The maximum absolute atomic E-state index is 13.5. The Morgan fingerprint density at radius 1 is 0.463 bits per heavy atom. The lowest BCUT2D eigenvalue weighted by atomic mass is 9.99. The zero-order valence-electron chi connectivity index (χ0n) is 54.1. The van der Waals surface area contributed by atoms with E-state index in [1.54, 1.807) is 6.08 Å². The third-order valence-electron chi connectivity index (χ3n) is 17.4. The Bertz CT molecular complexity index is 1380. The fourth-order valence-electron chi connectivity index (χ4n) is 11.8. The van der Waals surface area contributed by atoms with Crippen molar-refractivity contribution in [3.05, 3.63) is 12.2 Å². The molecule has 1 aliphatic rings. The van der Waals surface area contributed by atoms with Crippen molar-refractivity contribution in [1.82, 2.24) is 5.32 Å². The number of esters is 1. The number of carbonyl (C=O) groups excluding carboxylic acids is 2. The number of aliphatic hydroxyl groups is 5. The van der Waals surface area contributed by atoms with Gasteiger partial charge >= 0.3 is 5.97 Å². The predicted molar refractivity (Wildman–Crippen MR) is 343 cm³/mol. The van der Waals surface area contributed by atoms with E-state index >= 15 is 0 Å². The molecule has 0 aromatic rings. The van der Waals surface area contributed by atoms with Gasteiger partial charge in [0.15, 0.2) is 12.4 Å². The molecular weight excluding hydrogens is 1030 g/mol. The molecule has 486 valence electrons. The Labute approximate surface area is 506 Å². The van der Waals surface area contributed by atoms with Crippen molar-refractivity contribution in [2.45, 2.75) is 416 Å². The van der Waals surface area contributed by atoms with Crippen LogP contribution in [0.1, 0.15) is 367 Å². The summed E-state index contributed by atoms with van der Waals surface area (Å²) in [7, 11) is 0. The van der Waals surface area contributed by atoms with Gasteiger partial charge < -0.3 is 45.1 Å². The topological polar surface area (TPSA) is 175 Å². The number of allylic oxidation sites excluding steroid dienone is 1. The Morgan fingerprint density at radius 2 is 0.793 bits per heavy atom. The molecule has 0 aromatic heterocycles. The molecule has 6 N–H and O–H groups in total. The first-order chi connectivity index (χ1) is 40.2. The van der Waals surface area contributed by atoms with E-state index < -0.39 is 67.4 Å². The zero-order valence-corrected chi connectivity index (χ0v) is 54.1. The van der Waals surface area contributed by atoms with Gasteiger partial charge in [0.05, 0.1) is 25.4 Å². The molecule has 0 aromatic carbocycles. The molecule has 8 atom stereocenters. The quantitative estimate of drug-likeness (QED) is 0.0195. The van der Waals surface area contributed by atoms with E-state index in [0.29, 0.717) is 19.3 Å². The third kappa shape index (κ3) is 46.6. The number of unbranched alkanes of at least 4 members (excludes halogenated alkanes) is 49. The van der Waals surface area contributed by atoms with Crippen LogP contribution in [0.15, 0.2) is 12.2 Å². The zero-order chi connectivity index (χ0) is 59.6. The van der Waals surface area contributed by atoms with Crippen LogP contribution in [0.3, 0.4) is 0 Å². The van der Waals surface area contributed by atoms with Crippen molar-refractivity contribution >= 4 is 11.9 Å². The first kappa shape index (κ1) is 78.4. The molecule has 0 bridgehead atoms. The number of nitrogens with one attached hydrogen (secondary N) is 1. The molecule has 0 aliphatic carbocycles. The Balaban J connectivity index is 2.53. The molecule has 1 rings (SSSR count). The van der Waals surface area contributed by atoms with E-state index in [-0.39, 0.29) is 13.0 Å². The van der Waals surface area contributed by atoms with Crippen LogP contribution in [0, 0.1) is 0 Å². The summed E-state index contributed by atoms with van der Waals surface area (Å²) in [5.74, 6) is -1.17. The van der Waals surface area contributed by atoms with E-state index in [1.807, 2.05) is 6.08 Å². The van der Waals surface area contributed by atoms with E-state index in [0.717, 1.165) is 57.8 Å². The van der Waals surface area contributed by atoms with Gasteiger partial charge in [-0.2, -0.15) is 0 Å². The first-order valence-corrected chi connectivity index (χ1v) is 36.0. The largest absolute Gasteiger partial charge is 0.454 e. The summed E-state index contributed by atoms with van der Waals surface area (Å²) in [5.41, 5.74) is 0. The van der Waals surface area contributed by atoms with Crippen LogP contribution in [0.5, 0.6) is 0 Å². The van der Waals surface area contributed by atoms with E-state index in [2.05, 4.69) is 26.1 Å². The van der Waals surface area contributed by atoms with Crippen LogP contribution in [0.2, 0.25) is 0 Å². The van der Waals surface area contributed by atoms with Crippen LogP contribution in [0.25, 0.3) is 0 Å². The highest BCUT2D eigenvalue weighted by molar-refractivity contribution is 5.80.